The quantitative estimate of drug-likeness (QED) is 0.735. The van der Waals surface area contributed by atoms with Gasteiger partial charge in [-0.3, -0.25) is 0 Å². The second-order valence-corrected chi connectivity index (χ2v) is 3.61. The van der Waals surface area contributed by atoms with Crippen molar-refractivity contribution in [2.45, 2.75) is 19.4 Å². The first-order chi connectivity index (χ1) is 7.27. The average Bonchev–Trinajstić information content (AvgIpc) is 2.26. The molecule has 0 saturated carbocycles. The van der Waals surface area contributed by atoms with Gasteiger partial charge in [0.1, 0.15) is 5.75 Å². The maximum absolute atomic E-state index is 8.87. The molecule has 15 heavy (non-hydrogen) atoms. The van der Waals surface area contributed by atoms with Gasteiger partial charge in [-0.15, -0.1) is 0 Å². The van der Waals surface area contributed by atoms with Crippen molar-refractivity contribution in [3.63, 3.8) is 0 Å². The Labute approximate surface area is 94.3 Å². The summed E-state index contributed by atoms with van der Waals surface area (Å²) in [6.07, 6.45) is 1.53. The molecular formula is C11H15ClO3. The summed E-state index contributed by atoms with van der Waals surface area (Å²) in [6.45, 7) is 0.698. The Kier molecular flexibility index (Phi) is 5.47. The van der Waals surface area contributed by atoms with Crippen molar-refractivity contribution in [3.8, 4) is 5.75 Å². The van der Waals surface area contributed by atoms with Gasteiger partial charge in [-0.05, 0) is 30.5 Å². The van der Waals surface area contributed by atoms with Gasteiger partial charge >= 0.3 is 0 Å². The molecular weight excluding hydrogens is 216 g/mol. The Morgan fingerprint density at radius 2 is 2.00 bits per heavy atom. The molecule has 1 aromatic carbocycles. The molecule has 0 fully saturated rings. The minimum atomic E-state index is -0.0233. The molecule has 0 unspecified atom stereocenters. The topological polar surface area (TPSA) is 49.7 Å². The lowest BCUT2D eigenvalue weighted by Gasteiger charge is -2.08. The summed E-state index contributed by atoms with van der Waals surface area (Å²) in [6, 6.07) is 5.20. The van der Waals surface area contributed by atoms with Crippen LogP contribution in [0.1, 0.15) is 18.4 Å². The van der Waals surface area contributed by atoms with Gasteiger partial charge in [0, 0.05) is 6.61 Å². The second kappa shape index (κ2) is 6.67. The Balaban J connectivity index is 2.47. The van der Waals surface area contributed by atoms with E-state index in [2.05, 4.69) is 0 Å². The minimum absolute atomic E-state index is 0.0233. The Bertz CT molecular complexity index is 302. The smallest absolute Gasteiger partial charge is 0.137 e. The molecule has 0 bridgehead atoms. The molecule has 0 saturated heterocycles. The third kappa shape index (κ3) is 4.08. The third-order valence-electron chi connectivity index (χ3n) is 1.99. The van der Waals surface area contributed by atoms with E-state index in [1.807, 2.05) is 0 Å². The molecule has 0 aliphatic rings. The molecule has 0 aromatic heterocycles. The molecule has 0 amide bonds. The van der Waals surface area contributed by atoms with Crippen LogP contribution in [-0.2, 0) is 6.61 Å². The molecule has 0 heterocycles. The van der Waals surface area contributed by atoms with Gasteiger partial charge in [0.25, 0.3) is 0 Å². The number of hydrogen-bond acceptors (Lipinski definition) is 3. The van der Waals surface area contributed by atoms with E-state index in [0.29, 0.717) is 17.4 Å². The normalized spacial score (nSPS) is 10.3. The number of rotatable bonds is 6. The van der Waals surface area contributed by atoms with Crippen molar-refractivity contribution < 1.29 is 14.9 Å². The zero-order valence-corrected chi connectivity index (χ0v) is 9.20. The van der Waals surface area contributed by atoms with E-state index in [1.165, 1.54) is 0 Å². The van der Waals surface area contributed by atoms with Gasteiger partial charge in [0.2, 0.25) is 0 Å². The number of hydrogen-bond donors (Lipinski definition) is 2. The summed E-state index contributed by atoms with van der Waals surface area (Å²) in [5.41, 5.74) is 0.766. The SMILES string of the molecule is OCCCCOc1ccc(CO)cc1Cl. The van der Waals surface area contributed by atoms with Crippen LogP contribution in [-0.4, -0.2) is 23.4 Å². The minimum Gasteiger partial charge on any atom is -0.492 e. The van der Waals surface area contributed by atoms with Gasteiger partial charge in [-0.2, -0.15) is 0 Å². The summed E-state index contributed by atoms with van der Waals surface area (Å²) < 4.78 is 5.41. The summed E-state index contributed by atoms with van der Waals surface area (Å²) in [5.74, 6) is 0.617. The van der Waals surface area contributed by atoms with Crippen LogP contribution >= 0.6 is 11.6 Å². The predicted octanol–water partition coefficient (Wildman–Crippen LogP) is 1.98. The zero-order valence-electron chi connectivity index (χ0n) is 8.45. The van der Waals surface area contributed by atoms with E-state index in [4.69, 9.17) is 26.6 Å². The van der Waals surface area contributed by atoms with Crippen LogP contribution < -0.4 is 4.74 Å². The van der Waals surface area contributed by atoms with E-state index in [9.17, 15) is 0 Å². The van der Waals surface area contributed by atoms with Gasteiger partial charge < -0.3 is 14.9 Å². The zero-order chi connectivity index (χ0) is 11.1. The highest BCUT2D eigenvalue weighted by molar-refractivity contribution is 6.32. The molecule has 0 atom stereocenters. The van der Waals surface area contributed by atoms with Crippen LogP contribution in [0.2, 0.25) is 5.02 Å². The van der Waals surface area contributed by atoms with Gasteiger partial charge in [0.05, 0.1) is 18.2 Å². The number of halogens is 1. The Morgan fingerprint density at radius 3 is 2.60 bits per heavy atom. The van der Waals surface area contributed by atoms with Crippen LogP contribution in [0.25, 0.3) is 0 Å². The van der Waals surface area contributed by atoms with Crippen LogP contribution in [0.3, 0.4) is 0 Å². The lowest BCUT2D eigenvalue weighted by molar-refractivity contribution is 0.253. The molecule has 0 spiro atoms. The number of benzene rings is 1. The van der Waals surface area contributed by atoms with E-state index >= 15 is 0 Å². The molecule has 0 radical (unpaired) electrons. The molecule has 4 heteroatoms. The van der Waals surface area contributed by atoms with Crippen molar-refractivity contribution >= 4 is 11.6 Å². The van der Waals surface area contributed by atoms with E-state index in [-0.39, 0.29) is 13.2 Å². The first-order valence-electron chi connectivity index (χ1n) is 4.91. The molecule has 0 aliphatic heterocycles. The average molecular weight is 231 g/mol. The van der Waals surface area contributed by atoms with Gasteiger partial charge in [-0.1, -0.05) is 17.7 Å². The highest BCUT2D eigenvalue weighted by atomic mass is 35.5. The van der Waals surface area contributed by atoms with Crippen LogP contribution in [0.4, 0.5) is 0 Å². The highest BCUT2D eigenvalue weighted by Crippen LogP contribution is 2.25. The van der Waals surface area contributed by atoms with Crippen molar-refractivity contribution in [1.82, 2.24) is 0 Å². The fraction of sp³-hybridized carbons (Fsp3) is 0.455. The number of ether oxygens (including phenoxy) is 1. The maximum atomic E-state index is 8.87. The summed E-state index contributed by atoms with van der Waals surface area (Å²) in [4.78, 5) is 0. The first-order valence-corrected chi connectivity index (χ1v) is 5.28. The molecule has 84 valence electrons. The van der Waals surface area contributed by atoms with Crippen LogP contribution in [0.5, 0.6) is 5.75 Å². The fourth-order valence-electron chi connectivity index (χ4n) is 1.16. The van der Waals surface area contributed by atoms with Crippen molar-refractivity contribution in [2.75, 3.05) is 13.2 Å². The monoisotopic (exact) mass is 230 g/mol. The lowest BCUT2D eigenvalue weighted by Crippen LogP contribution is -1.99. The van der Waals surface area contributed by atoms with Crippen LogP contribution in [0.15, 0.2) is 18.2 Å². The van der Waals surface area contributed by atoms with Gasteiger partial charge in [0.15, 0.2) is 0 Å². The Morgan fingerprint density at radius 1 is 1.20 bits per heavy atom. The third-order valence-corrected chi connectivity index (χ3v) is 2.28. The van der Waals surface area contributed by atoms with Crippen LogP contribution in [0, 0.1) is 0 Å². The fourth-order valence-corrected chi connectivity index (χ4v) is 1.41. The van der Waals surface area contributed by atoms with Crippen molar-refractivity contribution in [1.29, 1.82) is 0 Å². The summed E-state index contributed by atoms with van der Waals surface area (Å²) in [5, 5.41) is 18.0. The molecule has 0 aliphatic carbocycles. The molecule has 1 rings (SSSR count). The Hall–Kier alpha value is -0.770. The second-order valence-electron chi connectivity index (χ2n) is 3.20. The van der Waals surface area contributed by atoms with Crippen molar-refractivity contribution in [3.05, 3.63) is 28.8 Å². The molecule has 1 aromatic rings. The van der Waals surface area contributed by atoms with Crippen molar-refractivity contribution in [2.24, 2.45) is 0 Å². The highest BCUT2D eigenvalue weighted by Gasteiger charge is 2.02. The number of unbranched alkanes of at least 4 members (excludes halogenated alkanes) is 1. The number of aliphatic hydroxyl groups excluding tert-OH is 2. The number of aliphatic hydroxyl groups is 2. The van der Waals surface area contributed by atoms with E-state index in [0.717, 1.165) is 18.4 Å². The predicted molar refractivity (Wildman–Crippen MR) is 59.2 cm³/mol. The summed E-state index contributed by atoms with van der Waals surface area (Å²) >= 11 is 5.94. The standard InChI is InChI=1S/C11H15ClO3/c12-10-7-9(8-14)3-4-11(10)15-6-2-1-5-13/h3-4,7,13-14H,1-2,5-6,8H2. The first kappa shape index (κ1) is 12.3. The van der Waals surface area contributed by atoms with E-state index < -0.39 is 0 Å². The maximum Gasteiger partial charge on any atom is 0.137 e. The summed E-state index contributed by atoms with van der Waals surface area (Å²) in [7, 11) is 0. The molecule has 3 nitrogen and oxygen atoms in total. The molecule has 2 N–H and O–H groups in total. The largest absolute Gasteiger partial charge is 0.492 e. The van der Waals surface area contributed by atoms with E-state index in [1.54, 1.807) is 18.2 Å². The lowest BCUT2D eigenvalue weighted by atomic mass is 10.2. The van der Waals surface area contributed by atoms with Gasteiger partial charge in [-0.25, -0.2) is 0 Å².